The van der Waals surface area contributed by atoms with Crippen molar-refractivity contribution in [2.45, 2.75) is 32.4 Å². The van der Waals surface area contributed by atoms with Crippen molar-refractivity contribution < 1.29 is 19.2 Å². The lowest BCUT2D eigenvalue weighted by atomic mass is 10.1. The van der Waals surface area contributed by atoms with Crippen LogP contribution in [0.15, 0.2) is 54.6 Å². The number of anilines is 1. The number of nitrogens with zero attached hydrogens (tertiary/aromatic N) is 2. The van der Waals surface area contributed by atoms with Gasteiger partial charge >= 0.3 is 5.97 Å². The average Bonchev–Trinajstić information content (AvgIpc) is 3.01. The number of non-ortho nitro benzene ring substituents is 1. The smallest absolute Gasteiger partial charge is 0.331 e. The lowest BCUT2D eigenvalue weighted by molar-refractivity contribution is -0.384. The van der Waals surface area contributed by atoms with Gasteiger partial charge < -0.3 is 9.64 Å². The van der Waals surface area contributed by atoms with Crippen molar-refractivity contribution in [3.63, 3.8) is 0 Å². The molecule has 0 unspecified atom stereocenters. The number of esters is 1. The monoisotopic (exact) mass is 380 g/mol. The minimum Gasteiger partial charge on any atom is -0.449 e. The highest BCUT2D eigenvalue weighted by Crippen LogP contribution is 2.32. The fourth-order valence-corrected chi connectivity index (χ4v) is 3.27. The molecule has 7 heteroatoms. The fourth-order valence-electron chi connectivity index (χ4n) is 3.27. The van der Waals surface area contributed by atoms with E-state index < -0.39 is 17.0 Å². The molecule has 0 radical (unpaired) electrons. The lowest BCUT2D eigenvalue weighted by Crippen LogP contribution is -2.43. The molecular formula is C21H20N2O5. The number of carbonyl (C=O) groups is 2. The van der Waals surface area contributed by atoms with Crippen molar-refractivity contribution in [2.24, 2.45) is 0 Å². The van der Waals surface area contributed by atoms with Crippen LogP contribution in [0.3, 0.4) is 0 Å². The van der Waals surface area contributed by atoms with E-state index in [0.29, 0.717) is 5.56 Å². The number of nitro groups is 1. The van der Waals surface area contributed by atoms with Crippen molar-refractivity contribution in [1.29, 1.82) is 0 Å². The van der Waals surface area contributed by atoms with E-state index in [1.807, 2.05) is 31.2 Å². The minimum absolute atomic E-state index is 0.00791. The summed E-state index contributed by atoms with van der Waals surface area (Å²) < 4.78 is 5.24. The lowest BCUT2D eigenvalue weighted by Gasteiger charge is -2.25. The summed E-state index contributed by atoms with van der Waals surface area (Å²) in [6.45, 7) is 3.49. The SMILES string of the molecule is C[C@H](OC(=O)/C=C/c1cccc([N+](=O)[O-])c1)C(=O)N1c2ccccc2C[C@H]1C. The maximum absolute atomic E-state index is 12.8. The largest absolute Gasteiger partial charge is 0.449 e. The average molecular weight is 380 g/mol. The van der Waals surface area contributed by atoms with Gasteiger partial charge in [-0.2, -0.15) is 0 Å². The van der Waals surface area contributed by atoms with Gasteiger partial charge in [-0.3, -0.25) is 14.9 Å². The van der Waals surface area contributed by atoms with Gasteiger partial charge in [-0.05, 0) is 43.5 Å². The molecule has 1 amide bonds. The van der Waals surface area contributed by atoms with Gasteiger partial charge in [0.1, 0.15) is 0 Å². The Balaban J connectivity index is 1.65. The van der Waals surface area contributed by atoms with Crippen LogP contribution in [0.5, 0.6) is 0 Å². The molecule has 144 valence electrons. The van der Waals surface area contributed by atoms with Crippen LogP contribution in [0, 0.1) is 10.1 Å². The summed E-state index contributed by atoms with van der Waals surface area (Å²) in [5, 5.41) is 10.8. The summed E-state index contributed by atoms with van der Waals surface area (Å²) >= 11 is 0. The Bertz CT molecular complexity index is 953. The zero-order valence-electron chi connectivity index (χ0n) is 15.6. The molecule has 0 aromatic heterocycles. The molecule has 7 nitrogen and oxygen atoms in total. The topological polar surface area (TPSA) is 89.7 Å². The third-order valence-corrected chi connectivity index (χ3v) is 4.58. The Hall–Kier alpha value is -3.48. The van der Waals surface area contributed by atoms with E-state index in [4.69, 9.17) is 4.74 Å². The van der Waals surface area contributed by atoms with E-state index >= 15 is 0 Å². The van der Waals surface area contributed by atoms with Crippen LogP contribution in [-0.2, 0) is 20.7 Å². The molecule has 1 aliphatic rings. The van der Waals surface area contributed by atoms with Crippen LogP contribution in [0.2, 0.25) is 0 Å². The second kappa shape index (κ2) is 8.04. The molecule has 0 spiro atoms. The van der Waals surface area contributed by atoms with Gasteiger partial charge in [0.05, 0.1) is 4.92 Å². The molecule has 3 rings (SSSR count). The Morgan fingerprint density at radius 3 is 2.75 bits per heavy atom. The molecular weight excluding hydrogens is 360 g/mol. The Kier molecular flexibility index (Phi) is 5.54. The van der Waals surface area contributed by atoms with Crippen molar-refractivity contribution in [1.82, 2.24) is 0 Å². The van der Waals surface area contributed by atoms with Gasteiger partial charge in [-0.1, -0.05) is 30.3 Å². The van der Waals surface area contributed by atoms with E-state index in [2.05, 4.69) is 0 Å². The van der Waals surface area contributed by atoms with Crippen molar-refractivity contribution in [2.75, 3.05) is 4.90 Å². The maximum atomic E-state index is 12.8. The Morgan fingerprint density at radius 2 is 2.00 bits per heavy atom. The summed E-state index contributed by atoms with van der Waals surface area (Å²) in [6, 6.07) is 13.5. The molecule has 2 atom stereocenters. The number of fused-ring (bicyclic) bond motifs is 1. The van der Waals surface area contributed by atoms with Crippen LogP contribution in [0.1, 0.15) is 25.0 Å². The van der Waals surface area contributed by atoms with E-state index in [0.717, 1.165) is 23.7 Å². The molecule has 0 saturated heterocycles. The van der Waals surface area contributed by atoms with Gasteiger partial charge in [0.15, 0.2) is 6.10 Å². The molecule has 0 bridgehead atoms. The first-order valence-electron chi connectivity index (χ1n) is 8.91. The van der Waals surface area contributed by atoms with Gasteiger partial charge in [-0.15, -0.1) is 0 Å². The molecule has 0 aliphatic carbocycles. The molecule has 1 heterocycles. The zero-order chi connectivity index (χ0) is 20.3. The Labute approximate surface area is 162 Å². The maximum Gasteiger partial charge on any atom is 0.331 e. The van der Waals surface area contributed by atoms with E-state index in [1.54, 1.807) is 11.0 Å². The molecule has 2 aromatic rings. The third kappa shape index (κ3) is 4.09. The fraction of sp³-hybridized carbons (Fsp3) is 0.238. The van der Waals surface area contributed by atoms with Crippen LogP contribution >= 0.6 is 0 Å². The first kappa shape index (κ1) is 19.3. The van der Waals surface area contributed by atoms with Gasteiger partial charge in [-0.25, -0.2) is 4.79 Å². The molecule has 1 aliphatic heterocycles. The summed E-state index contributed by atoms with van der Waals surface area (Å²) in [5.74, 6) is -0.970. The zero-order valence-corrected chi connectivity index (χ0v) is 15.6. The van der Waals surface area contributed by atoms with E-state index in [-0.39, 0.29) is 17.6 Å². The number of carbonyl (C=O) groups excluding carboxylic acids is 2. The Morgan fingerprint density at radius 1 is 1.25 bits per heavy atom. The number of hydrogen-bond donors (Lipinski definition) is 0. The number of rotatable bonds is 5. The minimum atomic E-state index is -0.948. The van der Waals surface area contributed by atoms with Crippen LogP contribution in [0.25, 0.3) is 6.08 Å². The van der Waals surface area contributed by atoms with E-state index in [1.165, 1.54) is 31.2 Å². The van der Waals surface area contributed by atoms with Gasteiger partial charge in [0, 0.05) is 29.9 Å². The van der Waals surface area contributed by atoms with Crippen LogP contribution < -0.4 is 4.90 Å². The molecule has 28 heavy (non-hydrogen) atoms. The first-order chi connectivity index (χ1) is 13.4. The summed E-state index contributed by atoms with van der Waals surface area (Å²) in [5.41, 5.74) is 2.36. The molecule has 2 aromatic carbocycles. The number of benzene rings is 2. The predicted octanol–water partition coefficient (Wildman–Crippen LogP) is 3.52. The highest BCUT2D eigenvalue weighted by molar-refractivity contribution is 6.00. The molecule has 0 fully saturated rings. The normalized spacial score (nSPS) is 16.6. The highest BCUT2D eigenvalue weighted by Gasteiger charge is 2.34. The number of hydrogen-bond acceptors (Lipinski definition) is 5. The van der Waals surface area contributed by atoms with Crippen molar-refractivity contribution >= 4 is 29.3 Å². The van der Waals surface area contributed by atoms with Gasteiger partial charge in [0.25, 0.3) is 11.6 Å². The number of amides is 1. The summed E-state index contributed by atoms with van der Waals surface area (Å²) in [4.78, 5) is 36.8. The molecule has 0 saturated carbocycles. The predicted molar refractivity (Wildman–Crippen MR) is 105 cm³/mol. The standard InChI is InChI=1S/C21H20N2O5/c1-14-12-17-7-3-4-9-19(17)22(14)21(25)15(2)28-20(24)11-10-16-6-5-8-18(13-16)23(26)27/h3-11,13-15H,12H2,1-2H3/b11-10+/t14-,15+/m1/s1. The second-order valence-electron chi connectivity index (χ2n) is 6.65. The third-order valence-electron chi connectivity index (χ3n) is 4.58. The second-order valence-corrected chi connectivity index (χ2v) is 6.65. The number of ether oxygens (including phenoxy) is 1. The molecule has 0 N–H and O–H groups in total. The van der Waals surface area contributed by atoms with Crippen molar-refractivity contribution in [3.8, 4) is 0 Å². The highest BCUT2D eigenvalue weighted by atomic mass is 16.6. The first-order valence-corrected chi connectivity index (χ1v) is 8.91. The van der Waals surface area contributed by atoms with Crippen LogP contribution in [-0.4, -0.2) is 28.9 Å². The quantitative estimate of drug-likeness (QED) is 0.343. The van der Waals surface area contributed by atoms with Crippen LogP contribution in [0.4, 0.5) is 11.4 Å². The summed E-state index contributed by atoms with van der Waals surface area (Å²) in [7, 11) is 0. The van der Waals surface area contributed by atoms with Crippen molar-refractivity contribution in [3.05, 3.63) is 75.8 Å². The summed E-state index contributed by atoms with van der Waals surface area (Å²) in [6.07, 6.45) is 2.38. The van der Waals surface area contributed by atoms with E-state index in [9.17, 15) is 19.7 Å². The number of para-hydroxylation sites is 1. The number of nitro benzene ring substituents is 1. The van der Waals surface area contributed by atoms with Gasteiger partial charge in [0.2, 0.25) is 0 Å².